The summed E-state index contributed by atoms with van der Waals surface area (Å²) in [5, 5.41) is 9.44. The summed E-state index contributed by atoms with van der Waals surface area (Å²) < 4.78 is 1.57. The Labute approximate surface area is 176 Å². The van der Waals surface area contributed by atoms with Gasteiger partial charge in [-0.2, -0.15) is 5.10 Å². The Hall–Kier alpha value is -2.75. The van der Waals surface area contributed by atoms with Gasteiger partial charge in [0.25, 0.3) is 5.91 Å². The van der Waals surface area contributed by atoms with Crippen LogP contribution in [0.15, 0.2) is 48.4 Å². The van der Waals surface area contributed by atoms with Crippen LogP contribution in [0.25, 0.3) is 5.69 Å². The molecule has 0 spiro atoms. The van der Waals surface area contributed by atoms with Crippen LogP contribution >= 0.6 is 22.9 Å². The molecular weight excluding hydrogens is 412 g/mol. The van der Waals surface area contributed by atoms with Crippen LogP contribution in [-0.4, -0.2) is 69.1 Å². The molecule has 4 rings (SSSR count). The molecule has 29 heavy (non-hydrogen) atoms. The number of aromatic nitrogens is 3. The van der Waals surface area contributed by atoms with Crippen molar-refractivity contribution in [3.63, 3.8) is 0 Å². The van der Waals surface area contributed by atoms with Crippen LogP contribution in [0.4, 0.5) is 5.69 Å². The number of amides is 2. The number of rotatable bonds is 5. The predicted molar refractivity (Wildman–Crippen MR) is 112 cm³/mol. The molecule has 3 heterocycles. The minimum atomic E-state index is -0.147. The summed E-state index contributed by atoms with van der Waals surface area (Å²) in [6.45, 7) is 2.74. The highest BCUT2D eigenvalue weighted by atomic mass is 35.5. The number of nitrogens with one attached hydrogen (secondary N) is 1. The highest BCUT2D eigenvalue weighted by Gasteiger charge is 2.24. The summed E-state index contributed by atoms with van der Waals surface area (Å²) in [7, 11) is 0. The van der Waals surface area contributed by atoms with Crippen molar-refractivity contribution in [1.29, 1.82) is 0 Å². The van der Waals surface area contributed by atoms with Gasteiger partial charge in [-0.15, -0.1) is 11.3 Å². The summed E-state index contributed by atoms with van der Waals surface area (Å²) in [6.07, 6.45) is 2.99. The molecule has 8 nitrogen and oxygen atoms in total. The van der Waals surface area contributed by atoms with Crippen LogP contribution in [0.3, 0.4) is 0 Å². The van der Waals surface area contributed by atoms with E-state index in [2.05, 4.69) is 15.4 Å². The number of hydrogen-bond donors (Lipinski definition) is 1. The van der Waals surface area contributed by atoms with Crippen LogP contribution in [0.1, 0.15) is 9.67 Å². The van der Waals surface area contributed by atoms with Crippen LogP contribution in [0.5, 0.6) is 0 Å². The smallest absolute Gasteiger partial charge is 0.264 e. The van der Waals surface area contributed by atoms with Crippen LogP contribution < -0.4 is 5.32 Å². The van der Waals surface area contributed by atoms with Gasteiger partial charge in [0.1, 0.15) is 12.7 Å². The Morgan fingerprint density at radius 3 is 2.69 bits per heavy atom. The van der Waals surface area contributed by atoms with E-state index in [9.17, 15) is 9.59 Å². The highest BCUT2D eigenvalue weighted by molar-refractivity contribution is 7.12. The molecule has 1 aliphatic rings. The second-order valence-electron chi connectivity index (χ2n) is 6.60. The minimum Gasteiger partial charge on any atom is -0.335 e. The molecule has 1 aromatic carbocycles. The summed E-state index contributed by atoms with van der Waals surface area (Å²) in [5.41, 5.74) is 1.26. The average Bonchev–Trinajstić information content (AvgIpc) is 3.42. The zero-order valence-corrected chi connectivity index (χ0v) is 17.1. The van der Waals surface area contributed by atoms with Crippen molar-refractivity contribution in [3.05, 3.63) is 58.3 Å². The second kappa shape index (κ2) is 8.73. The number of hydrogen-bond acceptors (Lipinski definition) is 6. The number of benzene rings is 1. The van der Waals surface area contributed by atoms with Crippen molar-refractivity contribution in [2.24, 2.45) is 0 Å². The van der Waals surface area contributed by atoms with Crippen LogP contribution in [-0.2, 0) is 4.79 Å². The molecule has 1 N–H and O–H groups in total. The van der Waals surface area contributed by atoms with Crippen molar-refractivity contribution in [3.8, 4) is 5.69 Å². The van der Waals surface area contributed by atoms with Gasteiger partial charge in [-0.25, -0.2) is 9.67 Å². The maximum atomic E-state index is 12.6. The van der Waals surface area contributed by atoms with E-state index in [0.29, 0.717) is 42.6 Å². The summed E-state index contributed by atoms with van der Waals surface area (Å²) in [6, 6.07) is 8.92. The van der Waals surface area contributed by atoms with Gasteiger partial charge in [-0.1, -0.05) is 17.7 Å². The third-order valence-corrected chi connectivity index (χ3v) is 5.75. The van der Waals surface area contributed by atoms with E-state index in [1.54, 1.807) is 29.2 Å². The van der Waals surface area contributed by atoms with E-state index in [-0.39, 0.29) is 18.4 Å². The van der Waals surface area contributed by atoms with Crippen molar-refractivity contribution in [2.75, 3.05) is 38.0 Å². The summed E-state index contributed by atoms with van der Waals surface area (Å²) >= 11 is 7.55. The van der Waals surface area contributed by atoms with Crippen molar-refractivity contribution in [2.45, 2.75) is 0 Å². The molecular formula is C19H19ClN6O2S. The average molecular weight is 431 g/mol. The molecule has 1 saturated heterocycles. The first-order valence-electron chi connectivity index (χ1n) is 9.10. The number of carbonyl (C=O) groups excluding carboxylic acids is 2. The minimum absolute atomic E-state index is 0.0560. The number of thiophene rings is 1. The molecule has 1 fully saturated rings. The Morgan fingerprint density at radius 2 is 2.00 bits per heavy atom. The molecule has 10 heteroatoms. The number of anilines is 1. The zero-order chi connectivity index (χ0) is 20.2. The largest absolute Gasteiger partial charge is 0.335 e. The number of carbonyl (C=O) groups is 2. The predicted octanol–water partition coefficient (Wildman–Crippen LogP) is 2.38. The van der Waals surface area contributed by atoms with Gasteiger partial charge in [-0.05, 0) is 29.6 Å². The molecule has 0 unspecified atom stereocenters. The Bertz CT molecular complexity index is 984. The monoisotopic (exact) mass is 430 g/mol. The molecule has 0 bridgehead atoms. The zero-order valence-electron chi connectivity index (χ0n) is 15.5. The maximum absolute atomic E-state index is 12.6. The lowest BCUT2D eigenvalue weighted by Crippen LogP contribution is -2.50. The van der Waals surface area contributed by atoms with Crippen molar-refractivity contribution >= 4 is 40.4 Å². The van der Waals surface area contributed by atoms with E-state index < -0.39 is 0 Å². The fourth-order valence-corrected chi connectivity index (χ4v) is 4.06. The fraction of sp³-hybridized carbons (Fsp3) is 0.263. The number of halogens is 1. The molecule has 2 amide bonds. The summed E-state index contributed by atoms with van der Waals surface area (Å²) in [4.78, 5) is 33.6. The molecule has 3 aromatic rings. The molecule has 2 aromatic heterocycles. The number of piperazine rings is 1. The first kappa shape index (κ1) is 19.6. The molecule has 0 saturated carbocycles. The molecule has 0 atom stereocenters. The Balaban J connectivity index is 1.34. The lowest BCUT2D eigenvalue weighted by Gasteiger charge is -2.34. The van der Waals surface area contributed by atoms with Gasteiger partial charge < -0.3 is 10.2 Å². The highest BCUT2D eigenvalue weighted by Crippen LogP contribution is 2.24. The van der Waals surface area contributed by atoms with Crippen molar-refractivity contribution in [1.82, 2.24) is 24.6 Å². The van der Waals surface area contributed by atoms with E-state index in [1.165, 1.54) is 17.7 Å². The van der Waals surface area contributed by atoms with Crippen molar-refractivity contribution < 1.29 is 9.59 Å². The van der Waals surface area contributed by atoms with E-state index >= 15 is 0 Å². The van der Waals surface area contributed by atoms with Gasteiger partial charge in [0.2, 0.25) is 5.91 Å². The fourth-order valence-electron chi connectivity index (χ4n) is 3.20. The Morgan fingerprint density at radius 1 is 1.17 bits per heavy atom. The molecule has 0 aliphatic carbocycles. The maximum Gasteiger partial charge on any atom is 0.264 e. The topological polar surface area (TPSA) is 83.4 Å². The Kier molecular flexibility index (Phi) is 5.89. The third kappa shape index (κ3) is 4.64. The van der Waals surface area contributed by atoms with Gasteiger partial charge >= 0.3 is 0 Å². The normalized spacial score (nSPS) is 14.7. The lowest BCUT2D eigenvalue weighted by molar-refractivity contribution is -0.117. The number of nitrogens with zero attached hydrogens (tertiary/aromatic N) is 5. The summed E-state index contributed by atoms with van der Waals surface area (Å²) in [5.74, 6) is -0.0906. The van der Waals surface area contributed by atoms with E-state index in [4.69, 9.17) is 11.6 Å². The first-order valence-corrected chi connectivity index (χ1v) is 10.4. The second-order valence-corrected chi connectivity index (χ2v) is 7.98. The third-order valence-electron chi connectivity index (χ3n) is 4.66. The van der Waals surface area contributed by atoms with Gasteiger partial charge in [0, 0.05) is 31.2 Å². The van der Waals surface area contributed by atoms with Crippen LogP contribution in [0.2, 0.25) is 5.02 Å². The van der Waals surface area contributed by atoms with Gasteiger partial charge in [0.05, 0.1) is 22.8 Å². The van der Waals surface area contributed by atoms with Crippen LogP contribution in [0, 0.1) is 0 Å². The van der Waals surface area contributed by atoms with Gasteiger partial charge in [-0.3, -0.25) is 14.5 Å². The van der Waals surface area contributed by atoms with E-state index in [0.717, 1.165) is 4.88 Å². The quantitative estimate of drug-likeness (QED) is 0.672. The van der Waals surface area contributed by atoms with Gasteiger partial charge in [0.15, 0.2) is 0 Å². The lowest BCUT2D eigenvalue weighted by atomic mass is 10.2. The molecule has 0 radical (unpaired) electrons. The first-order chi connectivity index (χ1) is 14.1. The standard InChI is InChI=1S/C19H19ClN6O2S/c20-14-3-4-16(26-13-21-12-22-26)15(10-14)23-18(27)11-24-5-7-25(8-6-24)19(28)17-2-1-9-29-17/h1-4,9-10,12-13H,5-8,11H2,(H,23,27). The molecule has 1 aliphatic heterocycles. The van der Waals surface area contributed by atoms with E-state index in [1.807, 2.05) is 27.3 Å². The molecule has 150 valence electrons. The SMILES string of the molecule is O=C(CN1CCN(C(=O)c2cccs2)CC1)Nc1cc(Cl)ccc1-n1cncn1.